The van der Waals surface area contributed by atoms with Gasteiger partial charge in [0.15, 0.2) is 0 Å². The maximum atomic E-state index is 11.5. The SMILES string of the molecule is COCCNCC(=O)Nc1ccc(C)c(Cl)c1. The lowest BCUT2D eigenvalue weighted by Gasteiger charge is -2.07. The van der Waals surface area contributed by atoms with Gasteiger partial charge in [0.1, 0.15) is 0 Å². The number of benzene rings is 1. The zero-order chi connectivity index (χ0) is 12.7. The predicted octanol–water partition coefficient (Wildman–Crippen LogP) is 1.82. The first-order valence-electron chi connectivity index (χ1n) is 5.39. The van der Waals surface area contributed by atoms with Gasteiger partial charge in [-0.15, -0.1) is 0 Å². The Labute approximate surface area is 106 Å². The van der Waals surface area contributed by atoms with Crippen molar-refractivity contribution in [2.24, 2.45) is 0 Å². The number of methoxy groups -OCH3 is 1. The highest BCUT2D eigenvalue weighted by molar-refractivity contribution is 6.31. The van der Waals surface area contributed by atoms with Gasteiger partial charge in [-0.3, -0.25) is 4.79 Å². The lowest BCUT2D eigenvalue weighted by Crippen LogP contribution is -2.30. The van der Waals surface area contributed by atoms with Crippen LogP contribution in [0.4, 0.5) is 5.69 Å². The fourth-order valence-electron chi connectivity index (χ4n) is 1.25. The second-order valence-electron chi connectivity index (χ2n) is 3.68. The summed E-state index contributed by atoms with van der Waals surface area (Å²) in [6, 6.07) is 5.44. The molecule has 1 rings (SSSR count). The van der Waals surface area contributed by atoms with Crippen molar-refractivity contribution >= 4 is 23.2 Å². The summed E-state index contributed by atoms with van der Waals surface area (Å²) in [6.45, 7) is 3.41. The van der Waals surface area contributed by atoms with Gasteiger partial charge in [0.2, 0.25) is 5.91 Å². The Balaban J connectivity index is 2.37. The highest BCUT2D eigenvalue weighted by Gasteiger charge is 2.03. The largest absolute Gasteiger partial charge is 0.383 e. The molecule has 1 aromatic rings. The molecule has 0 aliphatic carbocycles. The first-order valence-corrected chi connectivity index (χ1v) is 5.77. The summed E-state index contributed by atoms with van der Waals surface area (Å²) in [7, 11) is 1.62. The van der Waals surface area contributed by atoms with E-state index in [1.54, 1.807) is 13.2 Å². The maximum Gasteiger partial charge on any atom is 0.238 e. The Morgan fingerprint density at radius 2 is 2.24 bits per heavy atom. The fraction of sp³-hybridized carbons (Fsp3) is 0.417. The van der Waals surface area contributed by atoms with E-state index in [0.29, 0.717) is 23.9 Å². The predicted molar refractivity (Wildman–Crippen MR) is 69.6 cm³/mol. The lowest BCUT2D eigenvalue weighted by molar-refractivity contribution is -0.115. The van der Waals surface area contributed by atoms with Gasteiger partial charge in [0.25, 0.3) is 0 Å². The van der Waals surface area contributed by atoms with E-state index < -0.39 is 0 Å². The Bertz CT molecular complexity index is 383. The van der Waals surface area contributed by atoms with E-state index >= 15 is 0 Å². The number of aryl methyl sites for hydroxylation is 1. The van der Waals surface area contributed by atoms with E-state index in [1.807, 2.05) is 19.1 Å². The molecule has 0 unspecified atom stereocenters. The number of nitrogens with one attached hydrogen (secondary N) is 2. The van der Waals surface area contributed by atoms with Crippen LogP contribution in [0.25, 0.3) is 0 Å². The Hall–Kier alpha value is -1.10. The van der Waals surface area contributed by atoms with E-state index in [0.717, 1.165) is 5.56 Å². The average Bonchev–Trinajstić information content (AvgIpc) is 2.30. The zero-order valence-corrected chi connectivity index (χ0v) is 10.8. The van der Waals surface area contributed by atoms with E-state index in [9.17, 15) is 4.79 Å². The lowest BCUT2D eigenvalue weighted by atomic mass is 10.2. The third-order valence-corrected chi connectivity index (χ3v) is 2.63. The van der Waals surface area contributed by atoms with Crippen LogP contribution in [0, 0.1) is 6.92 Å². The Morgan fingerprint density at radius 3 is 2.88 bits per heavy atom. The number of rotatable bonds is 6. The molecule has 1 amide bonds. The van der Waals surface area contributed by atoms with Crippen molar-refractivity contribution in [1.29, 1.82) is 0 Å². The van der Waals surface area contributed by atoms with E-state index in [2.05, 4.69) is 10.6 Å². The summed E-state index contributed by atoms with van der Waals surface area (Å²) in [5.41, 5.74) is 1.70. The van der Waals surface area contributed by atoms with E-state index in [-0.39, 0.29) is 12.5 Å². The van der Waals surface area contributed by atoms with Crippen LogP contribution >= 0.6 is 11.6 Å². The molecule has 0 aliphatic heterocycles. The number of carbonyl (C=O) groups excluding carboxylic acids is 1. The summed E-state index contributed by atoms with van der Waals surface area (Å²) in [5, 5.41) is 6.37. The molecule has 0 spiro atoms. The molecule has 0 saturated carbocycles. The van der Waals surface area contributed by atoms with Crippen molar-refractivity contribution in [2.45, 2.75) is 6.92 Å². The van der Waals surface area contributed by atoms with Crippen LogP contribution in [-0.4, -0.2) is 32.7 Å². The number of hydrogen-bond acceptors (Lipinski definition) is 3. The van der Waals surface area contributed by atoms with Gasteiger partial charge in [-0.05, 0) is 24.6 Å². The van der Waals surface area contributed by atoms with Gasteiger partial charge in [-0.2, -0.15) is 0 Å². The number of anilines is 1. The van der Waals surface area contributed by atoms with Crippen LogP contribution in [0.5, 0.6) is 0 Å². The van der Waals surface area contributed by atoms with Gasteiger partial charge in [-0.1, -0.05) is 17.7 Å². The monoisotopic (exact) mass is 256 g/mol. The molecule has 94 valence electrons. The number of ether oxygens (including phenoxy) is 1. The molecule has 17 heavy (non-hydrogen) atoms. The van der Waals surface area contributed by atoms with Crippen LogP contribution in [0.15, 0.2) is 18.2 Å². The first-order chi connectivity index (χ1) is 8.13. The van der Waals surface area contributed by atoms with Crippen LogP contribution in [0.1, 0.15) is 5.56 Å². The minimum atomic E-state index is -0.0963. The zero-order valence-electron chi connectivity index (χ0n) is 10.0. The minimum Gasteiger partial charge on any atom is -0.383 e. The molecular weight excluding hydrogens is 240 g/mol. The molecule has 0 fully saturated rings. The van der Waals surface area contributed by atoms with Crippen LogP contribution < -0.4 is 10.6 Å². The number of halogens is 1. The number of amides is 1. The number of carbonyl (C=O) groups is 1. The van der Waals surface area contributed by atoms with Crippen molar-refractivity contribution < 1.29 is 9.53 Å². The van der Waals surface area contributed by atoms with Crippen molar-refractivity contribution in [1.82, 2.24) is 5.32 Å². The number of hydrogen-bond donors (Lipinski definition) is 2. The second kappa shape index (κ2) is 7.27. The normalized spacial score (nSPS) is 10.3. The molecular formula is C12H17ClN2O2. The highest BCUT2D eigenvalue weighted by Crippen LogP contribution is 2.19. The third kappa shape index (κ3) is 5.17. The van der Waals surface area contributed by atoms with Crippen molar-refractivity contribution in [2.75, 3.05) is 32.1 Å². The molecule has 5 heteroatoms. The third-order valence-electron chi connectivity index (χ3n) is 2.22. The molecule has 0 radical (unpaired) electrons. The van der Waals surface area contributed by atoms with Gasteiger partial charge >= 0.3 is 0 Å². The Morgan fingerprint density at radius 1 is 1.47 bits per heavy atom. The van der Waals surface area contributed by atoms with Gasteiger partial charge in [0.05, 0.1) is 13.2 Å². The summed E-state index contributed by atoms with van der Waals surface area (Å²) in [5.74, 6) is -0.0963. The Kier molecular flexibility index (Phi) is 5.97. The van der Waals surface area contributed by atoms with E-state index in [1.165, 1.54) is 0 Å². The molecule has 4 nitrogen and oxygen atoms in total. The topological polar surface area (TPSA) is 50.4 Å². The van der Waals surface area contributed by atoms with Crippen molar-refractivity contribution in [3.05, 3.63) is 28.8 Å². The van der Waals surface area contributed by atoms with Crippen molar-refractivity contribution in [3.8, 4) is 0 Å². The van der Waals surface area contributed by atoms with Crippen LogP contribution in [-0.2, 0) is 9.53 Å². The summed E-state index contributed by atoms with van der Waals surface area (Å²) >= 11 is 5.96. The molecule has 1 aromatic carbocycles. The summed E-state index contributed by atoms with van der Waals surface area (Å²) in [6.07, 6.45) is 0. The minimum absolute atomic E-state index is 0.0963. The quantitative estimate of drug-likeness (QED) is 0.764. The first kappa shape index (κ1) is 14.0. The van der Waals surface area contributed by atoms with Gasteiger partial charge < -0.3 is 15.4 Å². The van der Waals surface area contributed by atoms with E-state index in [4.69, 9.17) is 16.3 Å². The standard InChI is InChI=1S/C12H17ClN2O2/c1-9-3-4-10(7-11(9)13)15-12(16)8-14-5-6-17-2/h3-4,7,14H,5-6,8H2,1-2H3,(H,15,16). The van der Waals surface area contributed by atoms with Crippen LogP contribution in [0.3, 0.4) is 0 Å². The maximum absolute atomic E-state index is 11.5. The summed E-state index contributed by atoms with van der Waals surface area (Å²) in [4.78, 5) is 11.5. The smallest absolute Gasteiger partial charge is 0.238 e. The fourth-order valence-corrected chi connectivity index (χ4v) is 1.43. The van der Waals surface area contributed by atoms with Gasteiger partial charge in [-0.25, -0.2) is 0 Å². The average molecular weight is 257 g/mol. The van der Waals surface area contributed by atoms with Crippen molar-refractivity contribution in [3.63, 3.8) is 0 Å². The molecule has 0 aliphatic rings. The second-order valence-corrected chi connectivity index (χ2v) is 4.09. The molecule has 0 atom stereocenters. The molecule has 2 N–H and O–H groups in total. The highest BCUT2D eigenvalue weighted by atomic mass is 35.5. The van der Waals surface area contributed by atoms with Gasteiger partial charge in [0, 0.05) is 24.4 Å². The molecule has 0 aromatic heterocycles. The molecule has 0 bridgehead atoms. The summed E-state index contributed by atoms with van der Waals surface area (Å²) < 4.78 is 4.86. The molecule has 0 saturated heterocycles. The molecule has 0 heterocycles. The van der Waals surface area contributed by atoms with Crippen LogP contribution in [0.2, 0.25) is 5.02 Å².